The number of rotatable bonds is 8. The summed E-state index contributed by atoms with van der Waals surface area (Å²) < 4.78 is 15.8. The molecular formula is C10H22O5Si. The molecule has 0 amide bonds. The van der Waals surface area contributed by atoms with E-state index in [0.29, 0.717) is 18.9 Å². The van der Waals surface area contributed by atoms with E-state index in [0.717, 1.165) is 0 Å². The van der Waals surface area contributed by atoms with Crippen LogP contribution in [0.15, 0.2) is 0 Å². The van der Waals surface area contributed by atoms with Gasteiger partial charge in [-0.05, 0) is 26.7 Å². The van der Waals surface area contributed by atoms with E-state index in [1.54, 1.807) is 35.2 Å². The fraction of sp³-hybridized carbons (Fsp3) is 0.900. The van der Waals surface area contributed by atoms with Gasteiger partial charge < -0.3 is 18.4 Å². The molecule has 0 rings (SSSR count). The van der Waals surface area contributed by atoms with E-state index in [1.165, 1.54) is 0 Å². The minimum atomic E-state index is -2.54. The van der Waals surface area contributed by atoms with Crippen LogP contribution in [-0.4, -0.2) is 41.2 Å². The third-order valence-electron chi connectivity index (χ3n) is 2.80. The quantitative estimate of drug-likeness (QED) is 0.665. The first-order valence-corrected chi connectivity index (χ1v) is 7.15. The van der Waals surface area contributed by atoms with Crippen LogP contribution in [0.4, 0.5) is 0 Å². The van der Waals surface area contributed by atoms with Gasteiger partial charge in [-0.1, -0.05) is 0 Å². The lowest BCUT2D eigenvalue weighted by molar-refractivity contribution is -0.147. The van der Waals surface area contributed by atoms with Crippen molar-refractivity contribution in [3.8, 4) is 0 Å². The smallest absolute Gasteiger partial charge is 0.481 e. The maximum atomic E-state index is 10.9. The largest absolute Gasteiger partial charge is 0.500 e. The minimum absolute atomic E-state index is 0.577. The second-order valence-corrected chi connectivity index (χ2v) is 7.43. The summed E-state index contributed by atoms with van der Waals surface area (Å²) >= 11 is 0. The highest BCUT2D eigenvalue weighted by Gasteiger charge is 2.38. The van der Waals surface area contributed by atoms with Gasteiger partial charge in [-0.15, -0.1) is 0 Å². The summed E-state index contributed by atoms with van der Waals surface area (Å²) in [5.74, 6) is -0.785. The lowest BCUT2D eigenvalue weighted by Crippen LogP contribution is -2.42. The fourth-order valence-corrected chi connectivity index (χ4v) is 3.13. The van der Waals surface area contributed by atoms with Crippen molar-refractivity contribution >= 4 is 14.8 Å². The maximum Gasteiger partial charge on any atom is 0.500 e. The molecule has 0 saturated carbocycles. The van der Waals surface area contributed by atoms with Crippen LogP contribution >= 0.6 is 0 Å². The molecule has 0 radical (unpaired) electrons. The normalized spacial score (nSPS) is 12.8. The summed E-state index contributed by atoms with van der Waals surface area (Å²) in [6, 6.07) is 0.632. The highest BCUT2D eigenvalue weighted by atomic mass is 28.4. The number of carboxylic acids is 1. The van der Waals surface area contributed by atoms with Crippen molar-refractivity contribution in [1.82, 2.24) is 0 Å². The summed E-state index contributed by atoms with van der Waals surface area (Å²) in [5, 5.41) is 8.96. The molecule has 0 aliphatic carbocycles. The Balaban J connectivity index is 4.19. The SMILES string of the molecule is CO[Si](CCCC(C)(C)C(=O)O)(OC)OC. The number of carboxylic acid groups (broad SMARTS) is 1. The van der Waals surface area contributed by atoms with Crippen LogP contribution in [0.3, 0.4) is 0 Å². The Kier molecular flexibility index (Phi) is 6.17. The van der Waals surface area contributed by atoms with E-state index in [-0.39, 0.29) is 0 Å². The molecule has 0 aromatic heterocycles. The van der Waals surface area contributed by atoms with Crippen LogP contribution < -0.4 is 0 Å². The summed E-state index contributed by atoms with van der Waals surface area (Å²) in [7, 11) is 2.13. The summed E-state index contributed by atoms with van der Waals surface area (Å²) in [6.07, 6.45) is 1.29. The van der Waals surface area contributed by atoms with Crippen LogP contribution in [0.1, 0.15) is 26.7 Å². The fourth-order valence-electron chi connectivity index (χ4n) is 1.41. The number of hydrogen-bond acceptors (Lipinski definition) is 4. The Morgan fingerprint density at radius 3 is 1.94 bits per heavy atom. The lowest BCUT2D eigenvalue weighted by Gasteiger charge is -2.26. The molecule has 96 valence electrons. The van der Waals surface area contributed by atoms with Gasteiger partial charge in [0, 0.05) is 27.4 Å². The molecule has 5 nitrogen and oxygen atoms in total. The first-order valence-electron chi connectivity index (χ1n) is 5.22. The predicted octanol–water partition coefficient (Wildman–Crippen LogP) is 1.76. The minimum Gasteiger partial charge on any atom is -0.481 e. The molecule has 16 heavy (non-hydrogen) atoms. The van der Waals surface area contributed by atoms with Crippen LogP contribution in [0.25, 0.3) is 0 Å². The molecule has 1 N–H and O–H groups in total. The summed E-state index contributed by atoms with van der Waals surface area (Å²) in [4.78, 5) is 10.9. The van der Waals surface area contributed by atoms with E-state index in [2.05, 4.69) is 0 Å². The predicted molar refractivity (Wildman–Crippen MR) is 62.2 cm³/mol. The second kappa shape index (κ2) is 6.34. The van der Waals surface area contributed by atoms with Crippen molar-refractivity contribution < 1.29 is 23.2 Å². The van der Waals surface area contributed by atoms with Crippen LogP contribution in [0, 0.1) is 5.41 Å². The van der Waals surface area contributed by atoms with Crippen LogP contribution in [0.2, 0.25) is 6.04 Å². The van der Waals surface area contributed by atoms with Crippen molar-refractivity contribution in [3.63, 3.8) is 0 Å². The molecule has 0 fully saturated rings. The zero-order valence-corrected chi connectivity index (χ0v) is 11.7. The van der Waals surface area contributed by atoms with Gasteiger partial charge >= 0.3 is 14.8 Å². The molecule has 0 aromatic rings. The standard InChI is InChI=1S/C10H22O5Si/c1-10(2,9(11)12)7-6-8-16(13-3,14-4)15-5/h6-8H2,1-5H3,(H,11,12). The Morgan fingerprint density at radius 1 is 1.19 bits per heavy atom. The molecule has 0 aromatic carbocycles. The van der Waals surface area contributed by atoms with Gasteiger partial charge in [0.25, 0.3) is 0 Å². The topological polar surface area (TPSA) is 65.0 Å². The molecule has 0 spiro atoms. The zero-order valence-electron chi connectivity index (χ0n) is 10.7. The molecule has 0 aliphatic rings. The van der Waals surface area contributed by atoms with Gasteiger partial charge in [-0.25, -0.2) is 0 Å². The zero-order chi connectivity index (χ0) is 12.8. The van der Waals surface area contributed by atoms with Gasteiger partial charge in [0.05, 0.1) is 5.41 Å². The molecule has 0 unspecified atom stereocenters. The Bertz CT molecular complexity index is 217. The highest BCUT2D eigenvalue weighted by Crippen LogP contribution is 2.26. The maximum absolute atomic E-state index is 10.9. The third-order valence-corrected chi connectivity index (χ3v) is 5.63. The number of hydrogen-bond donors (Lipinski definition) is 1. The van der Waals surface area contributed by atoms with Gasteiger partial charge in [0.15, 0.2) is 0 Å². The third kappa shape index (κ3) is 4.21. The second-order valence-electron chi connectivity index (χ2n) is 4.34. The summed E-state index contributed by atoms with van der Waals surface area (Å²) in [6.45, 7) is 3.43. The Morgan fingerprint density at radius 2 is 1.62 bits per heavy atom. The van der Waals surface area contributed by atoms with E-state index < -0.39 is 20.2 Å². The first-order chi connectivity index (χ1) is 7.33. The van der Waals surface area contributed by atoms with Crippen molar-refractivity contribution in [2.45, 2.75) is 32.7 Å². The molecule has 0 bridgehead atoms. The van der Waals surface area contributed by atoms with Gasteiger partial charge in [-0.2, -0.15) is 0 Å². The van der Waals surface area contributed by atoms with Crippen LogP contribution in [0.5, 0.6) is 0 Å². The molecule has 6 heteroatoms. The molecular weight excluding hydrogens is 228 g/mol. The number of carbonyl (C=O) groups is 1. The molecule has 0 heterocycles. The first kappa shape index (κ1) is 15.6. The van der Waals surface area contributed by atoms with Gasteiger partial charge in [-0.3, -0.25) is 4.79 Å². The number of aliphatic carboxylic acids is 1. The van der Waals surface area contributed by atoms with Gasteiger partial charge in [0.1, 0.15) is 0 Å². The Hall–Kier alpha value is -0.433. The average Bonchev–Trinajstić information content (AvgIpc) is 2.25. The molecule has 0 atom stereocenters. The van der Waals surface area contributed by atoms with Crippen molar-refractivity contribution in [2.24, 2.45) is 5.41 Å². The summed E-state index contributed by atoms with van der Waals surface area (Å²) in [5.41, 5.74) is -0.713. The average molecular weight is 250 g/mol. The lowest BCUT2D eigenvalue weighted by atomic mass is 9.88. The van der Waals surface area contributed by atoms with E-state index in [9.17, 15) is 4.79 Å². The van der Waals surface area contributed by atoms with Crippen molar-refractivity contribution in [3.05, 3.63) is 0 Å². The van der Waals surface area contributed by atoms with E-state index >= 15 is 0 Å². The van der Waals surface area contributed by atoms with Crippen molar-refractivity contribution in [2.75, 3.05) is 21.3 Å². The van der Waals surface area contributed by atoms with Crippen LogP contribution in [-0.2, 0) is 18.1 Å². The van der Waals surface area contributed by atoms with E-state index in [4.69, 9.17) is 18.4 Å². The molecule has 0 aliphatic heterocycles. The van der Waals surface area contributed by atoms with E-state index in [1.807, 2.05) is 0 Å². The van der Waals surface area contributed by atoms with Gasteiger partial charge in [0.2, 0.25) is 0 Å². The van der Waals surface area contributed by atoms with Crippen molar-refractivity contribution in [1.29, 1.82) is 0 Å². The molecule has 0 saturated heterocycles. The monoisotopic (exact) mass is 250 g/mol. The highest BCUT2D eigenvalue weighted by molar-refractivity contribution is 6.60. The Labute approximate surface area is 98.1 Å².